The van der Waals surface area contributed by atoms with E-state index in [1.54, 1.807) is 4.90 Å². The molecule has 6 heteroatoms. The summed E-state index contributed by atoms with van der Waals surface area (Å²) in [4.78, 5) is 27.9. The summed E-state index contributed by atoms with van der Waals surface area (Å²) in [6, 6.07) is 8.53. The summed E-state index contributed by atoms with van der Waals surface area (Å²) in [7, 11) is 0. The Morgan fingerprint density at radius 2 is 1.82 bits per heavy atom. The van der Waals surface area contributed by atoms with Gasteiger partial charge in [0.1, 0.15) is 5.54 Å². The van der Waals surface area contributed by atoms with Gasteiger partial charge < -0.3 is 20.2 Å². The minimum absolute atomic E-state index is 0.113. The Bertz CT molecular complexity index is 637. The summed E-state index contributed by atoms with van der Waals surface area (Å²) in [6.45, 7) is 1.44. The van der Waals surface area contributed by atoms with Crippen LogP contribution in [0, 0.1) is 0 Å². The van der Waals surface area contributed by atoms with Crippen molar-refractivity contribution < 1.29 is 14.7 Å². The van der Waals surface area contributed by atoms with Crippen LogP contribution in [0.2, 0.25) is 0 Å². The number of carboxylic acid groups (broad SMARTS) is 1. The average Bonchev–Trinajstić information content (AvgIpc) is 3.40. The monoisotopic (exact) mass is 301 g/mol. The molecule has 2 aliphatic carbocycles. The number of carbonyl (C=O) groups excluding carboxylic acids is 1. The minimum atomic E-state index is -1.13. The highest BCUT2D eigenvalue weighted by atomic mass is 16.4. The molecule has 1 aromatic rings. The number of hydrogen-bond acceptors (Lipinski definition) is 3. The van der Waals surface area contributed by atoms with Gasteiger partial charge in [0.2, 0.25) is 0 Å². The van der Waals surface area contributed by atoms with Crippen molar-refractivity contribution in [2.45, 2.75) is 37.3 Å². The zero-order chi connectivity index (χ0) is 15.3. The van der Waals surface area contributed by atoms with Gasteiger partial charge in [-0.3, -0.25) is 4.79 Å². The van der Waals surface area contributed by atoms with Crippen LogP contribution in [0.25, 0.3) is 0 Å². The molecule has 2 saturated carbocycles. The lowest BCUT2D eigenvalue weighted by atomic mass is 10.1. The molecular formula is C16H19N3O3. The van der Waals surface area contributed by atoms with Gasteiger partial charge in [-0.15, -0.1) is 0 Å². The van der Waals surface area contributed by atoms with Gasteiger partial charge in [-0.25, -0.2) is 4.79 Å². The van der Waals surface area contributed by atoms with E-state index in [2.05, 4.69) is 16.3 Å². The van der Waals surface area contributed by atoms with Gasteiger partial charge in [0, 0.05) is 19.1 Å². The van der Waals surface area contributed by atoms with Crippen molar-refractivity contribution in [3.05, 3.63) is 24.3 Å². The topological polar surface area (TPSA) is 72.9 Å². The van der Waals surface area contributed by atoms with E-state index in [0.717, 1.165) is 17.9 Å². The third kappa shape index (κ3) is 2.10. The van der Waals surface area contributed by atoms with E-state index < -0.39 is 11.6 Å². The fourth-order valence-corrected chi connectivity index (χ4v) is 3.34. The predicted molar refractivity (Wildman–Crippen MR) is 82.3 cm³/mol. The summed E-state index contributed by atoms with van der Waals surface area (Å²) in [5.41, 5.74) is 1.10. The molecule has 0 radical (unpaired) electrons. The Balaban J connectivity index is 1.64. The number of nitrogens with zero attached hydrogens (tertiary/aromatic N) is 2. The van der Waals surface area contributed by atoms with Gasteiger partial charge in [-0.1, -0.05) is 12.1 Å². The first-order valence-electron chi connectivity index (χ1n) is 7.79. The summed E-state index contributed by atoms with van der Waals surface area (Å²) in [5, 5.41) is 11.4. The third-order valence-corrected chi connectivity index (χ3v) is 4.78. The van der Waals surface area contributed by atoms with Crippen LogP contribution in [0.1, 0.15) is 25.7 Å². The minimum Gasteiger partial charge on any atom is -0.465 e. The Hall–Kier alpha value is -2.24. The number of benzene rings is 1. The maximum atomic E-state index is 12.9. The van der Waals surface area contributed by atoms with Crippen LogP contribution in [0.5, 0.6) is 0 Å². The van der Waals surface area contributed by atoms with E-state index in [-0.39, 0.29) is 5.91 Å². The molecule has 0 spiro atoms. The number of amides is 2. The molecule has 0 bridgehead atoms. The van der Waals surface area contributed by atoms with Crippen LogP contribution in [0.4, 0.5) is 16.2 Å². The molecule has 1 heterocycles. The van der Waals surface area contributed by atoms with Crippen LogP contribution < -0.4 is 15.1 Å². The summed E-state index contributed by atoms with van der Waals surface area (Å²) >= 11 is 0. The second-order valence-corrected chi connectivity index (χ2v) is 6.38. The fourth-order valence-electron chi connectivity index (χ4n) is 3.34. The van der Waals surface area contributed by atoms with Crippen LogP contribution >= 0.6 is 0 Å². The molecule has 22 heavy (non-hydrogen) atoms. The Kier molecular flexibility index (Phi) is 2.82. The molecule has 116 valence electrons. The molecule has 0 atom stereocenters. The van der Waals surface area contributed by atoms with Gasteiger partial charge in [-0.2, -0.15) is 0 Å². The van der Waals surface area contributed by atoms with Gasteiger partial charge in [0.25, 0.3) is 5.91 Å². The predicted octanol–water partition coefficient (Wildman–Crippen LogP) is 1.80. The molecule has 1 aromatic carbocycles. The quantitative estimate of drug-likeness (QED) is 0.893. The van der Waals surface area contributed by atoms with Crippen LogP contribution in [-0.4, -0.2) is 41.8 Å². The molecule has 0 saturated heterocycles. The highest BCUT2D eigenvalue weighted by Crippen LogP contribution is 2.43. The maximum Gasteiger partial charge on any atom is 0.405 e. The van der Waals surface area contributed by atoms with Crippen LogP contribution in [0.15, 0.2) is 24.3 Å². The van der Waals surface area contributed by atoms with Crippen LogP contribution in [-0.2, 0) is 4.79 Å². The number of carbonyl (C=O) groups is 2. The van der Waals surface area contributed by atoms with E-state index in [9.17, 15) is 9.59 Å². The molecule has 3 aliphatic rings. The summed E-state index contributed by atoms with van der Waals surface area (Å²) < 4.78 is 0. The third-order valence-electron chi connectivity index (χ3n) is 4.78. The van der Waals surface area contributed by atoms with E-state index >= 15 is 0 Å². The zero-order valence-corrected chi connectivity index (χ0v) is 12.3. The number of hydrogen-bond donors (Lipinski definition) is 2. The number of anilines is 2. The number of para-hydroxylation sites is 2. The first-order valence-corrected chi connectivity index (χ1v) is 7.79. The lowest BCUT2D eigenvalue weighted by Gasteiger charge is -2.39. The lowest BCUT2D eigenvalue weighted by molar-refractivity contribution is -0.121. The van der Waals surface area contributed by atoms with E-state index in [4.69, 9.17) is 5.11 Å². The Labute approximate surface area is 128 Å². The SMILES string of the molecule is O=C(O)NC1(C(=O)N2CCN(C3CC3)c3ccccc32)CC1. The molecule has 0 aromatic heterocycles. The van der Waals surface area contributed by atoms with Crippen molar-refractivity contribution in [3.63, 3.8) is 0 Å². The highest BCUT2D eigenvalue weighted by Gasteiger charge is 2.54. The number of nitrogens with one attached hydrogen (secondary N) is 1. The van der Waals surface area contributed by atoms with Gasteiger partial charge in [0.05, 0.1) is 11.4 Å². The van der Waals surface area contributed by atoms with Crippen molar-refractivity contribution >= 4 is 23.4 Å². The largest absolute Gasteiger partial charge is 0.465 e. The highest BCUT2D eigenvalue weighted by molar-refractivity contribution is 6.06. The fraction of sp³-hybridized carbons (Fsp3) is 0.500. The van der Waals surface area contributed by atoms with E-state index in [0.29, 0.717) is 25.4 Å². The summed E-state index contributed by atoms with van der Waals surface area (Å²) in [5.74, 6) is -0.113. The number of fused-ring (bicyclic) bond motifs is 1. The molecule has 0 unspecified atom stereocenters. The smallest absolute Gasteiger partial charge is 0.405 e. The zero-order valence-electron chi connectivity index (χ0n) is 12.3. The maximum absolute atomic E-state index is 12.9. The lowest BCUT2D eigenvalue weighted by Crippen LogP contribution is -2.54. The molecule has 1 aliphatic heterocycles. The molecule has 4 rings (SSSR count). The van der Waals surface area contributed by atoms with E-state index in [1.165, 1.54) is 12.8 Å². The van der Waals surface area contributed by atoms with Crippen molar-refractivity contribution in [3.8, 4) is 0 Å². The standard InChI is InChI=1S/C16H19N3O3/c20-14(16(7-8-16)17-15(21)22)19-10-9-18(11-5-6-11)12-3-1-2-4-13(12)19/h1-4,11,17H,5-10H2,(H,21,22). The molecule has 2 N–H and O–H groups in total. The normalized spacial score (nSPS) is 22.0. The van der Waals surface area contributed by atoms with Crippen molar-refractivity contribution in [1.82, 2.24) is 5.32 Å². The van der Waals surface area contributed by atoms with E-state index in [1.807, 2.05) is 18.2 Å². The van der Waals surface area contributed by atoms with Gasteiger partial charge in [-0.05, 0) is 37.8 Å². The second kappa shape index (κ2) is 4.63. The van der Waals surface area contributed by atoms with Gasteiger partial charge >= 0.3 is 6.09 Å². The van der Waals surface area contributed by atoms with Gasteiger partial charge in [0.15, 0.2) is 0 Å². The van der Waals surface area contributed by atoms with Crippen molar-refractivity contribution in [2.24, 2.45) is 0 Å². The molecular weight excluding hydrogens is 282 g/mol. The second-order valence-electron chi connectivity index (χ2n) is 6.38. The Morgan fingerprint density at radius 3 is 2.41 bits per heavy atom. The molecule has 2 amide bonds. The first-order chi connectivity index (χ1) is 10.6. The van der Waals surface area contributed by atoms with Crippen molar-refractivity contribution in [2.75, 3.05) is 22.9 Å². The molecule has 2 fully saturated rings. The number of rotatable bonds is 3. The summed E-state index contributed by atoms with van der Waals surface area (Å²) in [6.07, 6.45) is 2.47. The Morgan fingerprint density at radius 1 is 1.14 bits per heavy atom. The molecule has 6 nitrogen and oxygen atoms in total. The first kappa shape index (κ1) is 13.4. The van der Waals surface area contributed by atoms with Crippen LogP contribution in [0.3, 0.4) is 0 Å². The average molecular weight is 301 g/mol. The van der Waals surface area contributed by atoms with Crippen molar-refractivity contribution in [1.29, 1.82) is 0 Å².